The SMILES string of the molecule is CCS/C(=C\c1ccccc1)[Se]C. The van der Waals surface area contributed by atoms with Gasteiger partial charge in [0.15, 0.2) is 0 Å². The van der Waals surface area contributed by atoms with Gasteiger partial charge in [0.25, 0.3) is 0 Å². The van der Waals surface area contributed by atoms with Crippen LogP contribution in [0.3, 0.4) is 0 Å². The molecule has 1 rings (SSSR count). The predicted molar refractivity (Wildman–Crippen MR) is 64.2 cm³/mol. The van der Waals surface area contributed by atoms with Crippen LogP contribution in [0, 0.1) is 0 Å². The van der Waals surface area contributed by atoms with E-state index in [1.807, 2.05) is 11.8 Å². The summed E-state index contributed by atoms with van der Waals surface area (Å²) < 4.78 is 1.53. The molecule has 13 heavy (non-hydrogen) atoms. The van der Waals surface area contributed by atoms with E-state index >= 15 is 0 Å². The molecule has 70 valence electrons. The molecule has 0 aliphatic heterocycles. The maximum absolute atomic E-state index is 2.30. The van der Waals surface area contributed by atoms with Crippen molar-refractivity contribution in [2.24, 2.45) is 0 Å². The maximum atomic E-state index is 2.30. The molecular weight excluding hydrogens is 243 g/mol. The molecule has 0 radical (unpaired) electrons. The van der Waals surface area contributed by atoms with E-state index in [0.717, 1.165) is 0 Å². The summed E-state index contributed by atoms with van der Waals surface area (Å²) >= 11 is 2.58. The van der Waals surface area contributed by atoms with E-state index in [9.17, 15) is 0 Å². The fourth-order valence-corrected chi connectivity index (χ4v) is 3.63. The van der Waals surface area contributed by atoms with Gasteiger partial charge in [-0.25, -0.2) is 0 Å². The molecule has 0 aliphatic carbocycles. The molecule has 0 bridgehead atoms. The van der Waals surface area contributed by atoms with Crippen molar-refractivity contribution in [3.05, 3.63) is 39.7 Å². The van der Waals surface area contributed by atoms with E-state index in [2.05, 4.69) is 49.2 Å². The average molecular weight is 257 g/mol. The van der Waals surface area contributed by atoms with Crippen molar-refractivity contribution in [3.63, 3.8) is 0 Å². The molecule has 1 aromatic rings. The predicted octanol–water partition coefficient (Wildman–Crippen LogP) is 3.49. The Labute approximate surface area is 91.0 Å². The molecule has 0 spiro atoms. The summed E-state index contributed by atoms with van der Waals surface area (Å²) in [5.74, 6) is 3.44. The first-order valence-electron chi connectivity index (χ1n) is 4.30. The molecule has 2 heteroatoms. The third-order valence-electron chi connectivity index (χ3n) is 1.57. The van der Waals surface area contributed by atoms with Crippen molar-refractivity contribution in [2.45, 2.75) is 12.7 Å². The van der Waals surface area contributed by atoms with E-state index in [0.29, 0.717) is 15.0 Å². The molecule has 0 saturated heterocycles. The van der Waals surface area contributed by atoms with E-state index in [1.165, 1.54) is 15.1 Å². The zero-order valence-electron chi connectivity index (χ0n) is 7.99. The molecule has 0 atom stereocenters. The van der Waals surface area contributed by atoms with Gasteiger partial charge in [-0.15, -0.1) is 0 Å². The van der Waals surface area contributed by atoms with Crippen LogP contribution in [-0.4, -0.2) is 20.7 Å². The van der Waals surface area contributed by atoms with Gasteiger partial charge in [-0.05, 0) is 0 Å². The first kappa shape index (κ1) is 10.9. The van der Waals surface area contributed by atoms with E-state index in [1.54, 1.807) is 0 Å². The topological polar surface area (TPSA) is 0 Å². The van der Waals surface area contributed by atoms with Gasteiger partial charge < -0.3 is 0 Å². The standard InChI is InChI=1S/C11H14SSe/c1-3-12-11(13-2)9-10-7-5-4-6-8-10/h4-9H,3H2,1-2H3/b11-9+. The second-order valence-corrected chi connectivity index (χ2v) is 6.18. The number of thioether (sulfide) groups is 1. The van der Waals surface area contributed by atoms with Crippen LogP contribution in [0.25, 0.3) is 6.08 Å². The second-order valence-electron chi connectivity index (χ2n) is 2.51. The van der Waals surface area contributed by atoms with Gasteiger partial charge in [-0.1, -0.05) is 0 Å². The van der Waals surface area contributed by atoms with Crippen LogP contribution in [-0.2, 0) is 0 Å². The molecule has 0 amide bonds. The zero-order valence-corrected chi connectivity index (χ0v) is 10.5. The molecule has 1 aromatic carbocycles. The van der Waals surface area contributed by atoms with Gasteiger partial charge in [-0.3, -0.25) is 0 Å². The van der Waals surface area contributed by atoms with Crippen molar-refractivity contribution < 1.29 is 0 Å². The summed E-state index contributed by atoms with van der Waals surface area (Å²) in [7, 11) is 0. The fourth-order valence-electron chi connectivity index (χ4n) is 0.987. The van der Waals surface area contributed by atoms with E-state index < -0.39 is 0 Å². The Hall–Kier alpha value is -0.171. The van der Waals surface area contributed by atoms with Crippen LogP contribution in [0.1, 0.15) is 12.5 Å². The van der Waals surface area contributed by atoms with Crippen molar-refractivity contribution in [1.29, 1.82) is 0 Å². The van der Waals surface area contributed by atoms with Crippen molar-refractivity contribution >= 4 is 32.8 Å². The summed E-state index contributed by atoms with van der Waals surface area (Å²) in [6.45, 7) is 2.20. The van der Waals surface area contributed by atoms with Crippen LogP contribution < -0.4 is 0 Å². The average Bonchev–Trinajstić information content (AvgIpc) is 2.19. The van der Waals surface area contributed by atoms with Gasteiger partial charge in [-0.2, -0.15) is 0 Å². The quantitative estimate of drug-likeness (QED) is 0.744. The minimum atomic E-state index is 0.622. The first-order valence-corrected chi connectivity index (χ1v) is 7.86. The fraction of sp³-hybridized carbons (Fsp3) is 0.273. The molecule has 0 nitrogen and oxygen atoms in total. The van der Waals surface area contributed by atoms with Gasteiger partial charge in [0.2, 0.25) is 0 Å². The summed E-state index contributed by atoms with van der Waals surface area (Å²) in [5, 5.41) is 0. The Morgan fingerprint density at radius 1 is 1.38 bits per heavy atom. The first-order chi connectivity index (χ1) is 6.36. The number of benzene rings is 1. The van der Waals surface area contributed by atoms with Crippen LogP contribution in [0.4, 0.5) is 0 Å². The van der Waals surface area contributed by atoms with Gasteiger partial charge in [0, 0.05) is 0 Å². The van der Waals surface area contributed by atoms with Crippen molar-refractivity contribution in [3.8, 4) is 0 Å². The zero-order chi connectivity index (χ0) is 9.52. The van der Waals surface area contributed by atoms with Crippen LogP contribution in [0.2, 0.25) is 5.82 Å². The molecule has 0 N–H and O–H groups in total. The monoisotopic (exact) mass is 258 g/mol. The Bertz CT molecular complexity index is 267. The van der Waals surface area contributed by atoms with Gasteiger partial charge in [0.1, 0.15) is 0 Å². The number of hydrogen-bond acceptors (Lipinski definition) is 1. The van der Waals surface area contributed by atoms with Crippen LogP contribution in [0.15, 0.2) is 34.1 Å². The molecule has 0 fully saturated rings. The Morgan fingerprint density at radius 2 is 2.08 bits per heavy atom. The summed E-state index contributed by atoms with van der Waals surface area (Å²) in [5.41, 5.74) is 1.32. The third kappa shape index (κ3) is 4.04. The van der Waals surface area contributed by atoms with Crippen LogP contribution in [0.5, 0.6) is 0 Å². The Kier molecular flexibility index (Phi) is 5.29. The number of hydrogen-bond donors (Lipinski definition) is 0. The second kappa shape index (κ2) is 6.31. The van der Waals surface area contributed by atoms with Crippen molar-refractivity contribution in [1.82, 2.24) is 0 Å². The van der Waals surface area contributed by atoms with E-state index in [4.69, 9.17) is 0 Å². The molecule has 0 aromatic heterocycles. The summed E-state index contributed by atoms with van der Waals surface area (Å²) in [4.78, 5) is 0. The molecule has 0 saturated carbocycles. The normalized spacial score (nSPS) is 11.7. The molecule has 0 heterocycles. The Morgan fingerprint density at radius 3 is 2.62 bits per heavy atom. The summed E-state index contributed by atoms with van der Waals surface area (Å²) in [6.07, 6.45) is 2.30. The van der Waals surface area contributed by atoms with Gasteiger partial charge >= 0.3 is 91.0 Å². The van der Waals surface area contributed by atoms with Crippen molar-refractivity contribution in [2.75, 3.05) is 5.75 Å². The minimum absolute atomic E-state index is 0.622. The third-order valence-corrected chi connectivity index (χ3v) is 4.96. The summed E-state index contributed by atoms with van der Waals surface area (Å²) in [6, 6.07) is 10.5. The molecule has 0 unspecified atom stereocenters. The van der Waals surface area contributed by atoms with Gasteiger partial charge in [0.05, 0.1) is 0 Å². The molecule has 0 aliphatic rings. The Balaban J connectivity index is 2.73. The van der Waals surface area contributed by atoms with E-state index in [-0.39, 0.29) is 0 Å². The van der Waals surface area contributed by atoms with Crippen LogP contribution >= 0.6 is 11.8 Å². The molecular formula is C11H14SSe. The number of rotatable bonds is 4.